The van der Waals surface area contributed by atoms with Crippen LogP contribution in [0.4, 0.5) is 0 Å². The largest absolute Gasteiger partial charge is 0.440 e. The van der Waals surface area contributed by atoms with Crippen molar-refractivity contribution < 1.29 is 4.65 Å². The summed E-state index contributed by atoms with van der Waals surface area (Å²) in [6.07, 6.45) is 1.40. The lowest BCUT2D eigenvalue weighted by Crippen LogP contribution is -1.89. The van der Waals surface area contributed by atoms with Crippen LogP contribution in [0.15, 0.2) is 0 Å². The fourth-order valence-corrected chi connectivity index (χ4v) is 0.932. The Morgan fingerprint density at radius 2 is 2.67 bits per heavy atom. The van der Waals surface area contributed by atoms with Gasteiger partial charge >= 0.3 is 0 Å². The normalized spacial score (nSPS) is 50.7. The van der Waals surface area contributed by atoms with Crippen LogP contribution < -0.4 is 0 Å². The maximum absolute atomic E-state index is 4.98. The average Bonchev–Trinajstić information content (AvgIpc) is 2.17. The summed E-state index contributed by atoms with van der Waals surface area (Å²) in [5.74, 6) is 1.80. The molecule has 1 saturated carbocycles. The van der Waals surface area contributed by atoms with Crippen LogP contribution in [0.25, 0.3) is 0 Å². The van der Waals surface area contributed by atoms with Crippen molar-refractivity contribution in [3.8, 4) is 0 Å². The standard InChI is InChI=1S/C4H6BO/c1-3-2-6-5-4(1)3/h3-4H,1-2H2/t3?,4-/m1/s1. The molecule has 1 aliphatic carbocycles. The number of rotatable bonds is 0. The van der Waals surface area contributed by atoms with Gasteiger partial charge in [0.1, 0.15) is 0 Å². The van der Waals surface area contributed by atoms with E-state index in [1.807, 2.05) is 7.48 Å². The number of fused-ring (bicyclic) bond motifs is 1. The molecule has 2 heteroatoms. The Bertz CT molecular complexity index is 65.9. The van der Waals surface area contributed by atoms with Crippen LogP contribution in [-0.2, 0) is 4.65 Å². The first-order valence-electron chi connectivity index (χ1n) is 2.42. The van der Waals surface area contributed by atoms with Crippen molar-refractivity contribution in [2.75, 3.05) is 6.61 Å². The molecule has 1 unspecified atom stereocenters. The molecule has 0 aromatic rings. The third-order valence-corrected chi connectivity index (χ3v) is 1.56. The smallest absolute Gasteiger partial charge is 0.296 e. The summed E-state index contributed by atoms with van der Waals surface area (Å²) in [7, 11) is 1.98. The van der Waals surface area contributed by atoms with Crippen LogP contribution in [0.5, 0.6) is 0 Å². The summed E-state index contributed by atoms with van der Waals surface area (Å²) in [6, 6.07) is 0. The van der Waals surface area contributed by atoms with Crippen molar-refractivity contribution in [1.82, 2.24) is 0 Å². The Hall–Kier alpha value is 0.0249. The summed E-state index contributed by atoms with van der Waals surface area (Å²) in [6.45, 7) is 1.00. The zero-order chi connectivity index (χ0) is 3.98. The lowest BCUT2D eigenvalue weighted by atomic mass is 9.94. The molecule has 0 aromatic heterocycles. The van der Waals surface area contributed by atoms with Gasteiger partial charge in [0.05, 0.1) is 0 Å². The SMILES string of the molecule is [B]1OCC2C[C@@H]12. The van der Waals surface area contributed by atoms with E-state index in [0.717, 1.165) is 18.3 Å². The molecule has 2 atom stereocenters. The zero-order valence-corrected chi connectivity index (χ0v) is 3.55. The van der Waals surface area contributed by atoms with Crippen LogP contribution in [0, 0.1) is 5.92 Å². The number of hydrogen-bond donors (Lipinski definition) is 0. The second kappa shape index (κ2) is 0.810. The second-order valence-electron chi connectivity index (χ2n) is 2.13. The topological polar surface area (TPSA) is 9.23 Å². The molecule has 2 aliphatic rings. The van der Waals surface area contributed by atoms with Gasteiger partial charge in [-0.3, -0.25) is 0 Å². The van der Waals surface area contributed by atoms with Gasteiger partial charge in [0.25, 0.3) is 7.48 Å². The molecule has 1 aliphatic heterocycles. The van der Waals surface area contributed by atoms with Gasteiger partial charge < -0.3 is 4.65 Å². The van der Waals surface area contributed by atoms with E-state index in [4.69, 9.17) is 4.65 Å². The molecular weight excluding hydrogens is 74.9 g/mol. The molecule has 0 N–H and O–H groups in total. The Labute approximate surface area is 38.0 Å². The van der Waals surface area contributed by atoms with Crippen molar-refractivity contribution in [2.45, 2.75) is 12.2 Å². The van der Waals surface area contributed by atoms with Gasteiger partial charge in [0.15, 0.2) is 0 Å². The van der Waals surface area contributed by atoms with E-state index in [1.165, 1.54) is 6.42 Å². The molecule has 2 fully saturated rings. The molecule has 1 radical (unpaired) electrons. The highest BCUT2D eigenvalue weighted by atomic mass is 16.4. The van der Waals surface area contributed by atoms with E-state index in [9.17, 15) is 0 Å². The maximum Gasteiger partial charge on any atom is 0.296 e. The third-order valence-electron chi connectivity index (χ3n) is 1.56. The van der Waals surface area contributed by atoms with Crippen LogP contribution in [-0.4, -0.2) is 14.1 Å². The van der Waals surface area contributed by atoms with Gasteiger partial charge in [-0.1, -0.05) is 6.42 Å². The van der Waals surface area contributed by atoms with E-state index >= 15 is 0 Å². The second-order valence-corrected chi connectivity index (χ2v) is 2.13. The van der Waals surface area contributed by atoms with Gasteiger partial charge in [0.2, 0.25) is 0 Å². The fraction of sp³-hybridized carbons (Fsp3) is 1.00. The summed E-state index contributed by atoms with van der Waals surface area (Å²) < 4.78 is 4.98. The molecular formula is C4H6BO. The Morgan fingerprint density at radius 3 is 2.83 bits per heavy atom. The number of hydrogen-bond acceptors (Lipinski definition) is 1. The first kappa shape index (κ1) is 3.08. The molecule has 0 aromatic carbocycles. The summed E-state index contributed by atoms with van der Waals surface area (Å²) >= 11 is 0. The minimum absolute atomic E-state index is 0.866. The van der Waals surface area contributed by atoms with Crippen molar-refractivity contribution in [3.63, 3.8) is 0 Å². The van der Waals surface area contributed by atoms with Crippen LogP contribution in [0.3, 0.4) is 0 Å². The van der Waals surface area contributed by atoms with Crippen molar-refractivity contribution >= 4 is 7.48 Å². The molecule has 1 saturated heterocycles. The van der Waals surface area contributed by atoms with E-state index in [2.05, 4.69) is 0 Å². The molecule has 6 heavy (non-hydrogen) atoms. The molecule has 0 bridgehead atoms. The molecule has 0 spiro atoms. The monoisotopic (exact) mass is 81.1 g/mol. The molecule has 0 amide bonds. The van der Waals surface area contributed by atoms with Crippen molar-refractivity contribution in [2.24, 2.45) is 5.92 Å². The van der Waals surface area contributed by atoms with Crippen LogP contribution in [0.2, 0.25) is 5.82 Å². The van der Waals surface area contributed by atoms with Crippen molar-refractivity contribution in [1.29, 1.82) is 0 Å². The van der Waals surface area contributed by atoms with Gasteiger partial charge in [-0.05, 0) is 11.7 Å². The van der Waals surface area contributed by atoms with Gasteiger partial charge in [0, 0.05) is 6.61 Å². The minimum Gasteiger partial charge on any atom is -0.440 e. The quantitative estimate of drug-likeness (QED) is 0.384. The predicted octanol–water partition coefficient (Wildman–Crippen LogP) is 0.444. The lowest BCUT2D eigenvalue weighted by molar-refractivity contribution is 0.344. The Balaban J connectivity index is 2.09. The Kier molecular flexibility index (Phi) is 0.416. The van der Waals surface area contributed by atoms with E-state index in [1.54, 1.807) is 0 Å². The minimum atomic E-state index is 0.866. The Morgan fingerprint density at radius 1 is 1.67 bits per heavy atom. The van der Waals surface area contributed by atoms with E-state index in [-0.39, 0.29) is 0 Å². The summed E-state index contributed by atoms with van der Waals surface area (Å²) in [5.41, 5.74) is 0. The fourth-order valence-electron chi connectivity index (χ4n) is 0.932. The highest BCUT2D eigenvalue weighted by Gasteiger charge is 2.43. The van der Waals surface area contributed by atoms with E-state index in [0.29, 0.717) is 0 Å². The van der Waals surface area contributed by atoms with E-state index < -0.39 is 0 Å². The summed E-state index contributed by atoms with van der Waals surface area (Å²) in [4.78, 5) is 0. The molecule has 1 heterocycles. The third kappa shape index (κ3) is 0.255. The van der Waals surface area contributed by atoms with Gasteiger partial charge in [-0.15, -0.1) is 0 Å². The molecule has 31 valence electrons. The summed E-state index contributed by atoms with van der Waals surface area (Å²) in [5, 5.41) is 0. The highest BCUT2D eigenvalue weighted by molar-refractivity contribution is 6.32. The maximum atomic E-state index is 4.98. The van der Waals surface area contributed by atoms with Crippen molar-refractivity contribution in [3.05, 3.63) is 0 Å². The first-order chi connectivity index (χ1) is 2.97. The average molecular weight is 80.9 g/mol. The predicted molar refractivity (Wildman–Crippen MR) is 23.6 cm³/mol. The first-order valence-corrected chi connectivity index (χ1v) is 2.42. The van der Waals surface area contributed by atoms with Crippen LogP contribution >= 0.6 is 0 Å². The van der Waals surface area contributed by atoms with Crippen LogP contribution in [0.1, 0.15) is 6.42 Å². The molecule has 2 rings (SSSR count). The van der Waals surface area contributed by atoms with Gasteiger partial charge in [-0.25, -0.2) is 0 Å². The molecule has 1 nitrogen and oxygen atoms in total. The highest BCUT2D eigenvalue weighted by Crippen LogP contribution is 2.48. The zero-order valence-electron chi connectivity index (χ0n) is 3.55. The lowest BCUT2D eigenvalue weighted by Gasteiger charge is -1.85. The van der Waals surface area contributed by atoms with Gasteiger partial charge in [-0.2, -0.15) is 0 Å².